The van der Waals surface area contributed by atoms with Gasteiger partial charge >= 0.3 is 0 Å². The molecule has 5 heteroatoms. The van der Waals surface area contributed by atoms with Crippen molar-refractivity contribution in [2.45, 2.75) is 25.7 Å². The van der Waals surface area contributed by atoms with Crippen LogP contribution in [0.1, 0.15) is 31.2 Å². The van der Waals surface area contributed by atoms with Crippen molar-refractivity contribution in [3.8, 4) is 5.75 Å². The van der Waals surface area contributed by atoms with Gasteiger partial charge in [-0.2, -0.15) is 0 Å². The van der Waals surface area contributed by atoms with Gasteiger partial charge in [-0.05, 0) is 18.6 Å². The van der Waals surface area contributed by atoms with Crippen LogP contribution in [0, 0.1) is 0 Å². The van der Waals surface area contributed by atoms with Crippen LogP contribution < -0.4 is 16.2 Å². The Morgan fingerprint density at radius 2 is 1.72 bits per heavy atom. The number of primary amides is 2. The molecule has 0 spiro atoms. The van der Waals surface area contributed by atoms with Crippen molar-refractivity contribution in [3.05, 3.63) is 29.8 Å². The molecule has 1 rings (SSSR count). The summed E-state index contributed by atoms with van der Waals surface area (Å²) in [6.07, 6.45) is 0.153. The molecular formula is C13H18N2O3. The van der Waals surface area contributed by atoms with E-state index < -0.39 is 11.8 Å². The molecule has 18 heavy (non-hydrogen) atoms. The first kappa shape index (κ1) is 14.0. The monoisotopic (exact) mass is 250 g/mol. The van der Waals surface area contributed by atoms with Gasteiger partial charge in [-0.15, -0.1) is 0 Å². The maximum atomic E-state index is 11.1. The number of ether oxygens (including phenoxy) is 1. The summed E-state index contributed by atoms with van der Waals surface area (Å²) in [5.41, 5.74) is 11.2. The molecule has 0 aromatic heterocycles. The van der Waals surface area contributed by atoms with Crippen molar-refractivity contribution < 1.29 is 14.3 Å². The topological polar surface area (TPSA) is 95.4 Å². The molecule has 0 aliphatic heterocycles. The fourth-order valence-corrected chi connectivity index (χ4v) is 1.88. The molecule has 1 aromatic rings. The molecule has 0 atom stereocenters. The third-order valence-electron chi connectivity index (χ3n) is 2.55. The lowest BCUT2D eigenvalue weighted by molar-refractivity contribution is -0.119. The Bertz CT molecular complexity index is 416. The van der Waals surface area contributed by atoms with Gasteiger partial charge in [0.2, 0.25) is 11.8 Å². The molecule has 5 nitrogen and oxygen atoms in total. The second-order valence-electron chi connectivity index (χ2n) is 4.01. The summed E-state index contributed by atoms with van der Waals surface area (Å²) < 4.78 is 5.48. The Hall–Kier alpha value is -2.04. The SMILES string of the molecule is CCOc1ccccc1C(CC(N)=O)CC(N)=O. The molecule has 1 aromatic carbocycles. The van der Waals surface area contributed by atoms with Gasteiger partial charge in [0, 0.05) is 18.8 Å². The number of nitrogens with two attached hydrogens (primary N) is 2. The second-order valence-corrected chi connectivity index (χ2v) is 4.01. The Labute approximate surface area is 106 Å². The van der Waals surface area contributed by atoms with E-state index in [-0.39, 0.29) is 18.8 Å². The number of rotatable bonds is 7. The van der Waals surface area contributed by atoms with E-state index in [0.717, 1.165) is 5.56 Å². The van der Waals surface area contributed by atoms with E-state index in [1.807, 2.05) is 25.1 Å². The van der Waals surface area contributed by atoms with E-state index in [1.54, 1.807) is 6.07 Å². The number of carbonyl (C=O) groups excluding carboxylic acids is 2. The Morgan fingerprint density at radius 1 is 1.17 bits per heavy atom. The highest BCUT2D eigenvalue weighted by Crippen LogP contribution is 2.31. The van der Waals surface area contributed by atoms with E-state index in [0.29, 0.717) is 12.4 Å². The molecule has 0 heterocycles. The van der Waals surface area contributed by atoms with Gasteiger partial charge < -0.3 is 16.2 Å². The van der Waals surface area contributed by atoms with Crippen LogP contribution in [-0.2, 0) is 9.59 Å². The predicted molar refractivity (Wildman–Crippen MR) is 68.0 cm³/mol. The fraction of sp³-hybridized carbons (Fsp3) is 0.385. The molecule has 0 aliphatic carbocycles. The van der Waals surface area contributed by atoms with Crippen LogP contribution in [0.15, 0.2) is 24.3 Å². The molecule has 0 saturated heterocycles. The van der Waals surface area contributed by atoms with Gasteiger partial charge in [0.25, 0.3) is 0 Å². The van der Waals surface area contributed by atoms with E-state index in [9.17, 15) is 9.59 Å². The maximum absolute atomic E-state index is 11.1. The summed E-state index contributed by atoms with van der Waals surface area (Å²) in [5, 5.41) is 0. The normalized spacial score (nSPS) is 10.3. The lowest BCUT2D eigenvalue weighted by atomic mass is 9.91. The quantitative estimate of drug-likeness (QED) is 0.753. The Balaban J connectivity index is 3.02. The minimum atomic E-state index is -0.465. The second kappa shape index (κ2) is 6.64. The fourth-order valence-electron chi connectivity index (χ4n) is 1.88. The van der Waals surface area contributed by atoms with Crippen LogP contribution in [0.4, 0.5) is 0 Å². The highest BCUT2D eigenvalue weighted by molar-refractivity contribution is 5.79. The molecule has 0 aliphatic rings. The number of hydrogen-bond donors (Lipinski definition) is 2. The maximum Gasteiger partial charge on any atom is 0.218 e. The van der Waals surface area contributed by atoms with E-state index in [4.69, 9.17) is 16.2 Å². The molecule has 98 valence electrons. The predicted octanol–water partition coefficient (Wildman–Crippen LogP) is 0.920. The molecular weight excluding hydrogens is 232 g/mol. The third-order valence-corrected chi connectivity index (χ3v) is 2.55. The number of hydrogen-bond acceptors (Lipinski definition) is 3. The van der Waals surface area contributed by atoms with Crippen LogP contribution >= 0.6 is 0 Å². The first-order valence-corrected chi connectivity index (χ1v) is 5.83. The molecule has 0 fully saturated rings. The zero-order chi connectivity index (χ0) is 13.5. The number of para-hydroxylation sites is 1. The smallest absolute Gasteiger partial charge is 0.218 e. The van der Waals surface area contributed by atoms with Gasteiger partial charge in [-0.1, -0.05) is 18.2 Å². The summed E-state index contributed by atoms with van der Waals surface area (Å²) in [7, 11) is 0. The summed E-state index contributed by atoms with van der Waals surface area (Å²) in [5.74, 6) is -0.602. The van der Waals surface area contributed by atoms with E-state index in [1.165, 1.54) is 0 Å². The Morgan fingerprint density at radius 3 is 2.22 bits per heavy atom. The average Bonchev–Trinajstić information content (AvgIpc) is 2.28. The van der Waals surface area contributed by atoms with E-state index in [2.05, 4.69) is 0 Å². The van der Waals surface area contributed by atoms with Crippen molar-refractivity contribution in [3.63, 3.8) is 0 Å². The zero-order valence-corrected chi connectivity index (χ0v) is 10.4. The van der Waals surface area contributed by atoms with Gasteiger partial charge in [0.15, 0.2) is 0 Å². The highest BCUT2D eigenvalue weighted by atomic mass is 16.5. The lowest BCUT2D eigenvalue weighted by Gasteiger charge is -2.17. The van der Waals surface area contributed by atoms with Crippen molar-refractivity contribution in [2.24, 2.45) is 11.5 Å². The molecule has 0 bridgehead atoms. The van der Waals surface area contributed by atoms with Gasteiger partial charge in [-0.3, -0.25) is 9.59 Å². The summed E-state index contributed by atoms with van der Waals surface area (Å²) in [6, 6.07) is 7.28. The van der Waals surface area contributed by atoms with Crippen molar-refractivity contribution in [2.75, 3.05) is 6.61 Å². The van der Waals surface area contributed by atoms with Crippen molar-refractivity contribution in [1.29, 1.82) is 0 Å². The summed E-state index contributed by atoms with van der Waals surface area (Å²) in [4.78, 5) is 22.1. The van der Waals surface area contributed by atoms with Crippen molar-refractivity contribution >= 4 is 11.8 Å². The van der Waals surface area contributed by atoms with E-state index >= 15 is 0 Å². The van der Waals surface area contributed by atoms with Crippen LogP contribution in [0.25, 0.3) is 0 Å². The largest absolute Gasteiger partial charge is 0.494 e. The lowest BCUT2D eigenvalue weighted by Crippen LogP contribution is -2.21. The average molecular weight is 250 g/mol. The third kappa shape index (κ3) is 4.08. The number of benzene rings is 1. The minimum Gasteiger partial charge on any atom is -0.494 e. The van der Waals surface area contributed by atoms with Gasteiger partial charge in [0.1, 0.15) is 5.75 Å². The standard InChI is InChI=1S/C13H18N2O3/c1-2-18-11-6-4-3-5-10(11)9(7-12(14)16)8-13(15)17/h3-6,9H,2,7-8H2,1H3,(H2,14,16)(H2,15,17). The molecule has 2 amide bonds. The molecule has 0 saturated carbocycles. The van der Waals surface area contributed by atoms with Crippen LogP contribution in [0.3, 0.4) is 0 Å². The number of carbonyl (C=O) groups is 2. The number of amides is 2. The first-order chi connectivity index (χ1) is 8.54. The molecule has 4 N–H and O–H groups in total. The van der Waals surface area contributed by atoms with Gasteiger partial charge in [-0.25, -0.2) is 0 Å². The van der Waals surface area contributed by atoms with Crippen LogP contribution in [0.2, 0.25) is 0 Å². The zero-order valence-electron chi connectivity index (χ0n) is 10.4. The first-order valence-electron chi connectivity index (χ1n) is 5.83. The van der Waals surface area contributed by atoms with Gasteiger partial charge in [0.05, 0.1) is 6.61 Å². The summed E-state index contributed by atoms with van der Waals surface area (Å²) in [6.45, 7) is 2.38. The minimum absolute atomic E-state index is 0.0764. The van der Waals surface area contributed by atoms with Crippen molar-refractivity contribution in [1.82, 2.24) is 0 Å². The Kier molecular flexibility index (Phi) is 5.17. The highest BCUT2D eigenvalue weighted by Gasteiger charge is 2.20. The molecule has 0 unspecified atom stereocenters. The van der Waals surface area contributed by atoms with Crippen LogP contribution in [0.5, 0.6) is 5.75 Å². The van der Waals surface area contributed by atoms with Crippen LogP contribution in [-0.4, -0.2) is 18.4 Å². The molecule has 0 radical (unpaired) electrons. The summed E-state index contributed by atoms with van der Waals surface area (Å²) >= 11 is 0.